The van der Waals surface area contributed by atoms with Crippen LogP contribution in [0.4, 0.5) is 8.78 Å². The fourth-order valence-corrected chi connectivity index (χ4v) is 3.89. The zero-order chi connectivity index (χ0) is 20.9. The maximum absolute atomic E-state index is 13.5. The van der Waals surface area contributed by atoms with Crippen molar-refractivity contribution in [3.05, 3.63) is 53.6 Å². The summed E-state index contributed by atoms with van der Waals surface area (Å²) in [5, 5.41) is 3.86. The van der Waals surface area contributed by atoms with Crippen LogP contribution in [-0.2, 0) is 11.3 Å². The number of hydrogen-bond acceptors (Lipinski definition) is 6. The molecule has 1 aromatic carbocycles. The Kier molecular flexibility index (Phi) is 6.49. The van der Waals surface area contributed by atoms with Crippen molar-refractivity contribution in [3.63, 3.8) is 0 Å². The van der Waals surface area contributed by atoms with Gasteiger partial charge in [-0.25, -0.2) is 13.8 Å². The third-order valence-electron chi connectivity index (χ3n) is 5.31. The first-order chi connectivity index (χ1) is 14.6. The molecule has 3 heterocycles. The van der Waals surface area contributed by atoms with Gasteiger partial charge < -0.3 is 9.47 Å². The molecule has 1 aliphatic heterocycles. The lowest BCUT2D eigenvalue weighted by Crippen LogP contribution is -2.34. The van der Waals surface area contributed by atoms with E-state index in [-0.39, 0.29) is 17.4 Å². The molecule has 7 nitrogen and oxygen atoms in total. The number of fused-ring (bicyclic) bond motifs is 1. The van der Waals surface area contributed by atoms with Crippen molar-refractivity contribution in [3.8, 4) is 5.75 Å². The SMILES string of the molecule is COCCOc1cccc(CN2CCC[C@@H](c3cc(C(F)F)n4ncnc4n3)C2)c1. The Hall–Kier alpha value is -2.65. The number of methoxy groups -OCH3 is 1. The van der Waals surface area contributed by atoms with E-state index in [0.29, 0.717) is 18.9 Å². The summed E-state index contributed by atoms with van der Waals surface area (Å²) in [5.74, 6) is 1.12. The Morgan fingerprint density at radius 2 is 2.13 bits per heavy atom. The van der Waals surface area contributed by atoms with E-state index < -0.39 is 6.43 Å². The molecule has 0 unspecified atom stereocenters. The van der Waals surface area contributed by atoms with Crippen LogP contribution in [0.2, 0.25) is 0 Å². The minimum atomic E-state index is -2.63. The number of likely N-dealkylation sites (tertiary alicyclic amines) is 1. The number of benzene rings is 1. The molecule has 1 fully saturated rings. The maximum Gasteiger partial charge on any atom is 0.280 e. The van der Waals surface area contributed by atoms with Crippen LogP contribution in [0, 0.1) is 0 Å². The van der Waals surface area contributed by atoms with E-state index in [2.05, 4.69) is 26.0 Å². The van der Waals surface area contributed by atoms with Crippen LogP contribution in [0.1, 0.15) is 42.1 Å². The molecule has 160 valence electrons. The van der Waals surface area contributed by atoms with E-state index in [1.54, 1.807) is 7.11 Å². The lowest BCUT2D eigenvalue weighted by molar-refractivity contribution is 0.142. The lowest BCUT2D eigenvalue weighted by Gasteiger charge is -2.32. The predicted molar refractivity (Wildman–Crippen MR) is 107 cm³/mol. The average Bonchev–Trinajstić information content (AvgIpc) is 3.22. The molecule has 0 spiro atoms. The molecule has 3 aromatic rings. The minimum Gasteiger partial charge on any atom is -0.491 e. The van der Waals surface area contributed by atoms with Gasteiger partial charge in [-0.2, -0.15) is 14.6 Å². The van der Waals surface area contributed by atoms with Crippen LogP contribution in [0.25, 0.3) is 5.78 Å². The number of rotatable bonds is 8. The van der Waals surface area contributed by atoms with Gasteiger partial charge in [-0.15, -0.1) is 0 Å². The molecular formula is C21H25F2N5O2. The second-order valence-corrected chi connectivity index (χ2v) is 7.44. The Balaban J connectivity index is 1.46. The van der Waals surface area contributed by atoms with E-state index in [9.17, 15) is 8.78 Å². The summed E-state index contributed by atoms with van der Waals surface area (Å²) in [7, 11) is 1.65. The zero-order valence-corrected chi connectivity index (χ0v) is 16.9. The van der Waals surface area contributed by atoms with Crippen molar-refractivity contribution < 1.29 is 18.3 Å². The molecule has 0 bridgehead atoms. The second-order valence-electron chi connectivity index (χ2n) is 7.44. The molecular weight excluding hydrogens is 392 g/mol. The highest BCUT2D eigenvalue weighted by atomic mass is 19.3. The zero-order valence-electron chi connectivity index (χ0n) is 16.9. The van der Waals surface area contributed by atoms with Gasteiger partial charge in [0.1, 0.15) is 24.4 Å². The summed E-state index contributed by atoms with van der Waals surface area (Å²) in [6.45, 7) is 3.54. The fraction of sp³-hybridized carbons (Fsp3) is 0.476. The Morgan fingerprint density at radius 3 is 2.97 bits per heavy atom. The lowest BCUT2D eigenvalue weighted by atomic mass is 9.93. The molecule has 9 heteroatoms. The third-order valence-corrected chi connectivity index (χ3v) is 5.31. The molecule has 0 amide bonds. The van der Waals surface area contributed by atoms with Crippen LogP contribution >= 0.6 is 0 Å². The number of ether oxygens (including phenoxy) is 2. The summed E-state index contributed by atoms with van der Waals surface area (Å²) in [6.07, 6.45) is 0.526. The molecule has 1 aliphatic rings. The molecule has 0 radical (unpaired) electrons. The first-order valence-corrected chi connectivity index (χ1v) is 10.1. The fourth-order valence-electron chi connectivity index (χ4n) is 3.89. The van der Waals surface area contributed by atoms with E-state index in [4.69, 9.17) is 9.47 Å². The number of nitrogens with zero attached hydrogens (tertiary/aromatic N) is 5. The number of aromatic nitrogens is 4. The van der Waals surface area contributed by atoms with Crippen molar-refractivity contribution in [2.24, 2.45) is 0 Å². The van der Waals surface area contributed by atoms with Gasteiger partial charge in [-0.05, 0) is 43.1 Å². The summed E-state index contributed by atoms with van der Waals surface area (Å²) < 4.78 is 38.8. The highest BCUT2D eigenvalue weighted by molar-refractivity contribution is 5.33. The van der Waals surface area contributed by atoms with Crippen LogP contribution in [0.3, 0.4) is 0 Å². The highest BCUT2D eigenvalue weighted by Crippen LogP contribution is 2.30. The Morgan fingerprint density at radius 1 is 1.23 bits per heavy atom. The molecule has 1 saturated heterocycles. The first-order valence-electron chi connectivity index (χ1n) is 10.1. The van der Waals surface area contributed by atoms with Crippen LogP contribution in [0.15, 0.2) is 36.7 Å². The number of piperidine rings is 1. The first kappa shape index (κ1) is 20.6. The average molecular weight is 417 g/mol. The van der Waals surface area contributed by atoms with Crippen LogP contribution < -0.4 is 4.74 Å². The molecule has 0 saturated carbocycles. The molecule has 4 rings (SSSR count). The van der Waals surface area contributed by atoms with E-state index in [1.165, 1.54) is 12.4 Å². The maximum atomic E-state index is 13.5. The van der Waals surface area contributed by atoms with E-state index >= 15 is 0 Å². The molecule has 2 aromatic heterocycles. The molecule has 1 atom stereocenters. The molecule has 30 heavy (non-hydrogen) atoms. The number of halogens is 2. The number of alkyl halides is 2. The molecule has 0 N–H and O–H groups in total. The minimum absolute atomic E-state index is 0.0825. The smallest absolute Gasteiger partial charge is 0.280 e. The summed E-state index contributed by atoms with van der Waals surface area (Å²) >= 11 is 0. The van der Waals surface area contributed by atoms with Crippen molar-refractivity contribution in [2.45, 2.75) is 31.7 Å². The van der Waals surface area contributed by atoms with Gasteiger partial charge in [-0.3, -0.25) is 4.90 Å². The number of hydrogen-bond donors (Lipinski definition) is 0. The van der Waals surface area contributed by atoms with Gasteiger partial charge in [0, 0.05) is 26.1 Å². The Bertz CT molecular complexity index is 981. The summed E-state index contributed by atoms with van der Waals surface area (Å²) in [4.78, 5) is 10.8. The summed E-state index contributed by atoms with van der Waals surface area (Å²) in [5.41, 5.74) is 1.65. The second kappa shape index (κ2) is 9.44. The van der Waals surface area contributed by atoms with Gasteiger partial charge in [0.15, 0.2) is 0 Å². The normalized spacial score (nSPS) is 17.7. The predicted octanol–water partition coefficient (Wildman–Crippen LogP) is 3.47. The van der Waals surface area contributed by atoms with Crippen LogP contribution in [0.5, 0.6) is 5.75 Å². The van der Waals surface area contributed by atoms with Crippen molar-refractivity contribution >= 4 is 5.78 Å². The van der Waals surface area contributed by atoms with Crippen molar-refractivity contribution in [1.82, 2.24) is 24.5 Å². The van der Waals surface area contributed by atoms with Crippen molar-refractivity contribution in [1.29, 1.82) is 0 Å². The largest absolute Gasteiger partial charge is 0.491 e. The molecule has 0 aliphatic carbocycles. The van der Waals surface area contributed by atoms with Crippen molar-refractivity contribution in [2.75, 3.05) is 33.4 Å². The summed E-state index contributed by atoms with van der Waals surface area (Å²) in [6, 6.07) is 9.50. The Labute approximate surface area is 173 Å². The standard InChI is InChI=1S/C21H25F2N5O2/c1-29-8-9-30-17-6-2-4-15(10-17)12-27-7-3-5-16(13-27)18-11-19(20(22)23)28-21(26-18)24-14-25-28/h2,4,6,10-11,14,16,20H,3,5,7-9,12-13H2,1H3/t16-/m1/s1. The van der Waals surface area contributed by atoms with Gasteiger partial charge in [-0.1, -0.05) is 12.1 Å². The highest BCUT2D eigenvalue weighted by Gasteiger charge is 2.25. The van der Waals surface area contributed by atoms with Gasteiger partial charge in [0.05, 0.1) is 12.3 Å². The van der Waals surface area contributed by atoms with E-state index in [1.807, 2.05) is 18.2 Å². The van der Waals surface area contributed by atoms with Crippen LogP contribution in [-0.4, -0.2) is 57.9 Å². The quantitative estimate of drug-likeness (QED) is 0.523. The third kappa shape index (κ3) is 4.73. The van der Waals surface area contributed by atoms with Gasteiger partial charge in [0.25, 0.3) is 12.2 Å². The van der Waals surface area contributed by atoms with Gasteiger partial charge >= 0.3 is 0 Å². The van der Waals surface area contributed by atoms with Gasteiger partial charge in [0.2, 0.25) is 0 Å². The van der Waals surface area contributed by atoms with E-state index in [0.717, 1.165) is 48.3 Å². The monoisotopic (exact) mass is 417 g/mol. The topological polar surface area (TPSA) is 64.8 Å².